The van der Waals surface area contributed by atoms with Crippen molar-refractivity contribution < 1.29 is 37.5 Å². The molecule has 0 saturated heterocycles. The lowest BCUT2D eigenvalue weighted by Crippen LogP contribution is -2.53. The molecule has 1 aliphatic heterocycles. The summed E-state index contributed by atoms with van der Waals surface area (Å²) in [5.41, 5.74) is 0.0505. The molecule has 1 aliphatic rings. The van der Waals surface area contributed by atoms with Crippen LogP contribution in [0.3, 0.4) is 0 Å². The highest BCUT2D eigenvalue weighted by atomic mass is 19.4. The summed E-state index contributed by atoms with van der Waals surface area (Å²) in [6.45, 7) is 2.10. The average Bonchev–Trinajstić information content (AvgIpc) is 2.97. The first-order valence-electron chi connectivity index (χ1n) is 12.8. The van der Waals surface area contributed by atoms with Crippen molar-refractivity contribution in [2.75, 3.05) is 23.4 Å². The van der Waals surface area contributed by atoms with E-state index in [-0.39, 0.29) is 22.5 Å². The number of aromatic carboxylic acids is 1. The molecule has 0 spiro atoms. The van der Waals surface area contributed by atoms with E-state index in [1.807, 2.05) is 6.07 Å². The van der Waals surface area contributed by atoms with Crippen LogP contribution in [0.25, 0.3) is 0 Å². The number of urea groups is 1. The summed E-state index contributed by atoms with van der Waals surface area (Å²) in [4.78, 5) is 55.3. The lowest BCUT2D eigenvalue weighted by atomic mass is 9.90. The van der Waals surface area contributed by atoms with E-state index in [1.165, 1.54) is 68.3 Å². The van der Waals surface area contributed by atoms with Crippen molar-refractivity contribution in [2.45, 2.75) is 26.1 Å². The highest BCUT2D eigenvalue weighted by Crippen LogP contribution is 2.41. The Morgan fingerprint density at radius 3 is 2.19 bits per heavy atom. The Kier molecular flexibility index (Phi) is 8.38. The molecule has 1 N–H and O–H groups in total. The van der Waals surface area contributed by atoms with Gasteiger partial charge in [0.15, 0.2) is 5.78 Å². The summed E-state index contributed by atoms with van der Waals surface area (Å²) in [6.07, 6.45) is -4.70. The van der Waals surface area contributed by atoms with Gasteiger partial charge in [-0.2, -0.15) is 18.4 Å². The van der Waals surface area contributed by atoms with Crippen LogP contribution in [0, 0.1) is 11.3 Å². The summed E-state index contributed by atoms with van der Waals surface area (Å²) < 4.78 is 40.7. The fourth-order valence-corrected chi connectivity index (χ4v) is 4.90. The van der Waals surface area contributed by atoms with Gasteiger partial charge < -0.3 is 14.9 Å². The largest absolute Gasteiger partial charge is 0.478 e. The number of nitriles is 1. The molecule has 0 fully saturated rings. The number of Topliss-reactive ketones (excluding diaryl/α,β-unsaturated/α-hetero) is 1. The molecule has 1 unspecified atom stereocenters. The zero-order valence-electron chi connectivity index (χ0n) is 23.2. The molecule has 4 rings (SSSR count). The van der Waals surface area contributed by atoms with E-state index in [4.69, 9.17) is 5.11 Å². The van der Waals surface area contributed by atoms with Crippen molar-refractivity contribution in [2.24, 2.45) is 0 Å². The number of alkyl halides is 3. The van der Waals surface area contributed by atoms with Gasteiger partial charge in [-0.15, -0.1) is 0 Å². The summed E-state index contributed by atoms with van der Waals surface area (Å²) in [6, 6.07) is 15.6. The second-order valence-electron chi connectivity index (χ2n) is 9.79. The second kappa shape index (κ2) is 11.8. The van der Waals surface area contributed by atoms with Gasteiger partial charge in [0.1, 0.15) is 6.54 Å². The van der Waals surface area contributed by atoms with E-state index in [0.29, 0.717) is 16.8 Å². The quantitative estimate of drug-likeness (QED) is 0.372. The first kappa shape index (κ1) is 30.5. The lowest BCUT2D eigenvalue weighted by molar-refractivity contribution is -0.137. The van der Waals surface area contributed by atoms with E-state index >= 15 is 0 Å². The zero-order chi connectivity index (χ0) is 31.6. The number of hydrogen-bond acceptors (Lipinski definition) is 5. The smallest absolute Gasteiger partial charge is 0.416 e. The molecule has 3 amide bonds. The Morgan fingerprint density at radius 2 is 1.65 bits per heavy atom. The number of halogens is 3. The highest BCUT2D eigenvalue weighted by molar-refractivity contribution is 6.07. The van der Waals surface area contributed by atoms with Gasteiger partial charge in [0.05, 0.1) is 34.5 Å². The van der Waals surface area contributed by atoms with Crippen molar-refractivity contribution in [1.82, 2.24) is 4.90 Å². The van der Waals surface area contributed by atoms with Crippen LogP contribution < -0.4 is 9.80 Å². The molecule has 1 atom stereocenters. The van der Waals surface area contributed by atoms with Crippen molar-refractivity contribution in [3.63, 3.8) is 0 Å². The van der Waals surface area contributed by atoms with E-state index in [1.54, 1.807) is 12.1 Å². The Morgan fingerprint density at radius 1 is 1.02 bits per heavy atom. The maximum absolute atomic E-state index is 14.1. The minimum atomic E-state index is -4.70. The maximum atomic E-state index is 14.1. The third-order valence-electron chi connectivity index (χ3n) is 7.10. The molecule has 0 aliphatic carbocycles. The number of rotatable bonds is 7. The van der Waals surface area contributed by atoms with Crippen LogP contribution in [0.5, 0.6) is 0 Å². The Bertz CT molecular complexity index is 1680. The minimum Gasteiger partial charge on any atom is -0.478 e. The number of carboxylic acids is 1. The molecule has 3 aromatic rings. The van der Waals surface area contributed by atoms with Crippen molar-refractivity contribution >= 4 is 35.1 Å². The van der Waals surface area contributed by atoms with Crippen LogP contribution in [0.2, 0.25) is 0 Å². The number of benzene rings is 3. The number of carboxylic acid groups (broad SMARTS) is 1. The summed E-state index contributed by atoms with van der Waals surface area (Å²) >= 11 is 0. The zero-order valence-corrected chi connectivity index (χ0v) is 23.2. The van der Waals surface area contributed by atoms with Gasteiger partial charge in [-0.05, 0) is 74.0 Å². The van der Waals surface area contributed by atoms with Crippen molar-refractivity contribution in [3.05, 3.63) is 106 Å². The van der Waals surface area contributed by atoms with Crippen molar-refractivity contribution in [3.8, 4) is 6.07 Å². The number of nitrogens with zero attached hydrogens (tertiary/aromatic N) is 4. The topological polar surface area (TPSA) is 122 Å². The molecule has 43 heavy (non-hydrogen) atoms. The van der Waals surface area contributed by atoms with Crippen molar-refractivity contribution in [1.29, 1.82) is 5.26 Å². The fourth-order valence-electron chi connectivity index (χ4n) is 4.90. The SMILES string of the molecule is CC(=O)C1=C(C)N(c2cccc(C(F)(F)F)c2)C(=O)N(CC(=O)N(C)c2ccc(C(=O)O)cc2)C1c1ccc(C#N)cc1. The number of carbonyl (C=O) groups excluding carboxylic acids is 3. The van der Waals surface area contributed by atoms with Crippen LogP contribution in [0.1, 0.15) is 46.9 Å². The van der Waals surface area contributed by atoms with Gasteiger partial charge in [-0.3, -0.25) is 14.5 Å². The Labute approximate surface area is 244 Å². The van der Waals surface area contributed by atoms with Gasteiger partial charge in [-0.25, -0.2) is 9.59 Å². The highest BCUT2D eigenvalue weighted by Gasteiger charge is 2.43. The van der Waals surface area contributed by atoms with Crippen LogP contribution >= 0.6 is 0 Å². The normalized spacial score (nSPS) is 15.3. The summed E-state index contributed by atoms with van der Waals surface area (Å²) in [5, 5.41) is 18.4. The average molecular weight is 591 g/mol. The minimum absolute atomic E-state index is 0.000119. The number of likely N-dealkylation sites (N-methyl/N-ethyl adjacent to an activating group) is 1. The molecule has 12 heteroatoms. The predicted octanol–water partition coefficient (Wildman–Crippen LogP) is 5.78. The van der Waals surface area contributed by atoms with Crippen LogP contribution in [-0.2, 0) is 15.8 Å². The number of hydrogen-bond donors (Lipinski definition) is 1. The summed E-state index contributed by atoms with van der Waals surface area (Å²) in [7, 11) is 1.42. The van der Waals surface area contributed by atoms with Crippen LogP contribution in [-0.4, -0.2) is 47.3 Å². The number of anilines is 2. The fraction of sp³-hybridized carbons (Fsp3) is 0.194. The molecule has 0 radical (unpaired) electrons. The second-order valence-corrected chi connectivity index (χ2v) is 9.79. The number of allylic oxidation sites excluding steroid dienone is 1. The Balaban J connectivity index is 1.84. The summed E-state index contributed by atoms with van der Waals surface area (Å²) in [5.74, 6) is -2.26. The standard InChI is InChI=1S/C31H25F3N4O5/c1-18-27(19(2)39)28(21-9-7-20(16-35)8-10-21)37(17-26(40)36(3)24-13-11-22(12-14-24)29(41)42)30(43)38(18)25-6-4-5-23(15-25)31(32,33)34/h4-15,28H,17H2,1-3H3,(H,41,42). The molecule has 0 aromatic heterocycles. The third kappa shape index (κ3) is 6.11. The lowest BCUT2D eigenvalue weighted by Gasteiger charge is -2.43. The molecule has 9 nitrogen and oxygen atoms in total. The van der Waals surface area contributed by atoms with Crippen LogP contribution in [0.15, 0.2) is 84.1 Å². The first-order chi connectivity index (χ1) is 20.2. The molecule has 3 aromatic carbocycles. The predicted molar refractivity (Wildman–Crippen MR) is 150 cm³/mol. The first-order valence-corrected chi connectivity index (χ1v) is 12.8. The maximum Gasteiger partial charge on any atom is 0.416 e. The van der Waals surface area contributed by atoms with Gasteiger partial charge in [-0.1, -0.05) is 18.2 Å². The Hall–Kier alpha value is -5.44. The molecular weight excluding hydrogens is 565 g/mol. The molecule has 0 saturated carbocycles. The molecular formula is C31H25F3N4O5. The van der Waals surface area contributed by atoms with E-state index in [0.717, 1.165) is 28.0 Å². The van der Waals surface area contributed by atoms with E-state index in [2.05, 4.69) is 0 Å². The molecule has 220 valence electrons. The van der Waals surface area contributed by atoms with Gasteiger partial charge >= 0.3 is 18.2 Å². The monoisotopic (exact) mass is 590 g/mol. The third-order valence-corrected chi connectivity index (χ3v) is 7.10. The molecule has 0 bridgehead atoms. The van der Waals surface area contributed by atoms with Gasteiger partial charge in [0, 0.05) is 24.0 Å². The van der Waals surface area contributed by atoms with Gasteiger partial charge in [0.2, 0.25) is 5.91 Å². The van der Waals surface area contributed by atoms with Crippen LogP contribution in [0.4, 0.5) is 29.3 Å². The number of amides is 3. The van der Waals surface area contributed by atoms with Gasteiger partial charge in [0.25, 0.3) is 0 Å². The number of ketones is 1. The number of carbonyl (C=O) groups is 4. The molecule has 1 heterocycles. The van der Waals surface area contributed by atoms with E-state index in [9.17, 15) is 37.6 Å². The van der Waals surface area contributed by atoms with E-state index < -0.39 is 48.0 Å².